The molecule has 0 aromatic carbocycles. The van der Waals surface area contributed by atoms with Crippen molar-refractivity contribution in [3.8, 4) is 0 Å². The molecule has 1 aliphatic rings. The van der Waals surface area contributed by atoms with E-state index in [1.54, 1.807) is 0 Å². The van der Waals surface area contributed by atoms with E-state index in [0.717, 1.165) is 25.7 Å². The molecule has 0 heterocycles. The average Bonchev–Trinajstić information content (AvgIpc) is 2.18. The maximum atomic E-state index is 10.9. The van der Waals surface area contributed by atoms with Gasteiger partial charge in [0.25, 0.3) is 0 Å². The van der Waals surface area contributed by atoms with Crippen molar-refractivity contribution in [2.75, 3.05) is 13.7 Å². The number of aliphatic hydroxyl groups is 1. The fourth-order valence-corrected chi connectivity index (χ4v) is 1.81. The van der Waals surface area contributed by atoms with Crippen LogP contribution in [0.1, 0.15) is 25.7 Å². The topological polar surface area (TPSA) is 58.6 Å². The number of methoxy groups -OCH3 is 1. The number of nitrogens with one attached hydrogen (secondary N) is 1. The quantitative estimate of drug-likeness (QED) is 0.675. The zero-order valence-corrected chi connectivity index (χ0v) is 7.95. The first-order valence-electron chi connectivity index (χ1n) is 4.71. The van der Waals surface area contributed by atoms with E-state index in [2.05, 4.69) is 10.1 Å². The summed E-state index contributed by atoms with van der Waals surface area (Å²) in [6.07, 6.45) is 3.62. The highest BCUT2D eigenvalue weighted by molar-refractivity contribution is 5.67. The van der Waals surface area contributed by atoms with Crippen molar-refractivity contribution in [3.63, 3.8) is 0 Å². The Balaban J connectivity index is 2.29. The van der Waals surface area contributed by atoms with Crippen molar-refractivity contribution in [1.82, 2.24) is 5.32 Å². The molecule has 0 saturated heterocycles. The Morgan fingerprint density at radius 1 is 1.62 bits per heavy atom. The van der Waals surface area contributed by atoms with Gasteiger partial charge in [0.1, 0.15) is 0 Å². The van der Waals surface area contributed by atoms with E-state index < -0.39 is 0 Å². The molecule has 1 saturated carbocycles. The molecule has 1 rings (SSSR count). The van der Waals surface area contributed by atoms with Crippen LogP contribution in [0.25, 0.3) is 0 Å². The monoisotopic (exact) mass is 187 g/mol. The van der Waals surface area contributed by atoms with Gasteiger partial charge >= 0.3 is 6.09 Å². The second kappa shape index (κ2) is 5.07. The highest BCUT2D eigenvalue weighted by atomic mass is 16.5. The third-order valence-electron chi connectivity index (χ3n) is 2.55. The molecular formula is C9H17NO3. The number of hydrogen-bond donors (Lipinski definition) is 2. The van der Waals surface area contributed by atoms with E-state index in [-0.39, 0.29) is 18.7 Å². The zero-order valence-electron chi connectivity index (χ0n) is 7.95. The molecule has 0 radical (unpaired) electrons. The SMILES string of the molecule is COC(=O)NC1CCCC(CO)C1. The summed E-state index contributed by atoms with van der Waals surface area (Å²) in [7, 11) is 1.36. The first-order valence-corrected chi connectivity index (χ1v) is 4.71. The third kappa shape index (κ3) is 3.22. The number of hydrogen-bond acceptors (Lipinski definition) is 3. The van der Waals surface area contributed by atoms with Gasteiger partial charge in [0, 0.05) is 12.6 Å². The van der Waals surface area contributed by atoms with Crippen molar-refractivity contribution in [2.45, 2.75) is 31.7 Å². The Kier molecular flexibility index (Phi) is 4.02. The number of carbonyl (C=O) groups excluding carboxylic acids is 1. The van der Waals surface area contributed by atoms with Crippen LogP contribution >= 0.6 is 0 Å². The van der Waals surface area contributed by atoms with Crippen LogP contribution in [0.4, 0.5) is 4.79 Å². The van der Waals surface area contributed by atoms with Crippen molar-refractivity contribution in [3.05, 3.63) is 0 Å². The van der Waals surface area contributed by atoms with Gasteiger partial charge in [-0.15, -0.1) is 0 Å². The van der Waals surface area contributed by atoms with Crippen molar-refractivity contribution >= 4 is 6.09 Å². The van der Waals surface area contributed by atoms with Crippen molar-refractivity contribution in [2.24, 2.45) is 5.92 Å². The van der Waals surface area contributed by atoms with Crippen molar-refractivity contribution < 1.29 is 14.6 Å². The summed E-state index contributed by atoms with van der Waals surface area (Å²) in [6, 6.07) is 0.179. The smallest absolute Gasteiger partial charge is 0.407 e. The molecule has 4 heteroatoms. The van der Waals surface area contributed by atoms with Gasteiger partial charge in [0.05, 0.1) is 7.11 Å². The van der Waals surface area contributed by atoms with Crippen molar-refractivity contribution in [1.29, 1.82) is 0 Å². The second-order valence-corrected chi connectivity index (χ2v) is 3.55. The standard InChI is InChI=1S/C9H17NO3/c1-13-9(12)10-8-4-2-3-7(5-8)6-11/h7-8,11H,2-6H2,1H3,(H,10,12). The van der Waals surface area contributed by atoms with Crippen LogP contribution in [-0.2, 0) is 4.74 Å². The number of rotatable bonds is 2. The van der Waals surface area contributed by atoms with Gasteiger partial charge < -0.3 is 15.2 Å². The van der Waals surface area contributed by atoms with E-state index in [1.807, 2.05) is 0 Å². The lowest BCUT2D eigenvalue weighted by Crippen LogP contribution is -2.38. The summed E-state index contributed by atoms with van der Waals surface area (Å²) < 4.78 is 4.51. The van der Waals surface area contributed by atoms with E-state index in [4.69, 9.17) is 5.11 Å². The molecular weight excluding hydrogens is 170 g/mol. The molecule has 4 nitrogen and oxygen atoms in total. The van der Waals surface area contributed by atoms with Crippen LogP contribution in [-0.4, -0.2) is 31.0 Å². The zero-order chi connectivity index (χ0) is 9.68. The Hall–Kier alpha value is -0.770. The molecule has 13 heavy (non-hydrogen) atoms. The van der Waals surface area contributed by atoms with E-state index in [1.165, 1.54) is 7.11 Å². The molecule has 0 aliphatic heterocycles. The first-order chi connectivity index (χ1) is 6.26. The average molecular weight is 187 g/mol. The molecule has 0 aromatic heterocycles. The minimum atomic E-state index is -0.372. The Bertz CT molecular complexity index is 172. The Labute approximate surface area is 78.3 Å². The number of alkyl carbamates (subject to hydrolysis) is 1. The molecule has 1 amide bonds. The Morgan fingerprint density at radius 3 is 3.00 bits per heavy atom. The van der Waals surface area contributed by atoms with Crippen LogP contribution in [0.3, 0.4) is 0 Å². The third-order valence-corrected chi connectivity index (χ3v) is 2.55. The fraction of sp³-hybridized carbons (Fsp3) is 0.889. The van der Waals surface area contributed by atoms with E-state index in [0.29, 0.717) is 5.92 Å². The first kappa shape index (κ1) is 10.3. The molecule has 2 unspecified atom stereocenters. The van der Waals surface area contributed by atoms with Gasteiger partial charge in [-0.05, 0) is 25.2 Å². The lowest BCUT2D eigenvalue weighted by Gasteiger charge is -2.27. The van der Waals surface area contributed by atoms with Gasteiger partial charge in [0.2, 0.25) is 0 Å². The predicted molar refractivity (Wildman–Crippen MR) is 48.4 cm³/mol. The maximum Gasteiger partial charge on any atom is 0.407 e. The summed E-state index contributed by atoms with van der Waals surface area (Å²) in [4.78, 5) is 10.9. The molecule has 1 fully saturated rings. The number of aliphatic hydroxyl groups excluding tert-OH is 1. The van der Waals surface area contributed by atoms with Gasteiger partial charge in [0.15, 0.2) is 0 Å². The van der Waals surface area contributed by atoms with Crippen LogP contribution in [0.15, 0.2) is 0 Å². The second-order valence-electron chi connectivity index (χ2n) is 3.55. The minimum Gasteiger partial charge on any atom is -0.453 e. The van der Waals surface area contributed by atoms with Crippen LogP contribution in [0.2, 0.25) is 0 Å². The number of carbonyl (C=O) groups is 1. The molecule has 0 aromatic rings. The molecule has 0 bridgehead atoms. The summed E-state index contributed by atoms with van der Waals surface area (Å²) >= 11 is 0. The lowest BCUT2D eigenvalue weighted by molar-refractivity contribution is 0.145. The van der Waals surface area contributed by atoms with Crippen LogP contribution in [0, 0.1) is 5.92 Å². The normalized spacial score (nSPS) is 28.2. The summed E-state index contributed by atoms with van der Waals surface area (Å²) in [5, 5.41) is 11.7. The molecule has 0 spiro atoms. The minimum absolute atomic E-state index is 0.179. The highest BCUT2D eigenvalue weighted by Crippen LogP contribution is 2.23. The van der Waals surface area contributed by atoms with Gasteiger partial charge in [-0.1, -0.05) is 6.42 Å². The molecule has 1 aliphatic carbocycles. The van der Waals surface area contributed by atoms with E-state index in [9.17, 15) is 4.79 Å². The molecule has 2 atom stereocenters. The lowest BCUT2D eigenvalue weighted by atomic mass is 9.86. The van der Waals surface area contributed by atoms with E-state index >= 15 is 0 Å². The Morgan fingerprint density at radius 2 is 2.38 bits per heavy atom. The highest BCUT2D eigenvalue weighted by Gasteiger charge is 2.22. The van der Waals surface area contributed by atoms with Crippen LogP contribution in [0.5, 0.6) is 0 Å². The predicted octanol–water partition coefficient (Wildman–Crippen LogP) is 0.893. The number of ether oxygens (including phenoxy) is 1. The van der Waals surface area contributed by atoms with Gasteiger partial charge in [-0.3, -0.25) is 0 Å². The summed E-state index contributed by atoms with van der Waals surface area (Å²) in [5.41, 5.74) is 0. The van der Waals surface area contributed by atoms with Crippen LogP contribution < -0.4 is 5.32 Å². The largest absolute Gasteiger partial charge is 0.453 e. The molecule has 76 valence electrons. The summed E-state index contributed by atoms with van der Waals surface area (Å²) in [6.45, 7) is 0.222. The number of amides is 1. The van der Waals surface area contributed by atoms with Gasteiger partial charge in [-0.25, -0.2) is 4.79 Å². The van der Waals surface area contributed by atoms with Gasteiger partial charge in [-0.2, -0.15) is 0 Å². The summed E-state index contributed by atoms with van der Waals surface area (Å²) in [5.74, 6) is 0.343. The molecule has 2 N–H and O–H groups in total. The fourth-order valence-electron chi connectivity index (χ4n) is 1.81. The maximum absolute atomic E-state index is 10.9.